The highest BCUT2D eigenvalue weighted by atomic mass is 127. The lowest BCUT2D eigenvalue weighted by atomic mass is 10.2. The third-order valence-corrected chi connectivity index (χ3v) is 14.0. The number of ether oxygens (including phenoxy) is 3. The molecule has 0 saturated carbocycles. The highest BCUT2D eigenvalue weighted by molar-refractivity contribution is 14.1. The number of nitrogens with zero attached hydrogens (tertiary/aromatic N) is 6. The molecular weight excluding hydrogens is 938 g/mol. The van der Waals surface area contributed by atoms with Gasteiger partial charge in [0.15, 0.2) is 0 Å². The molecule has 0 radical (unpaired) electrons. The summed E-state index contributed by atoms with van der Waals surface area (Å²) in [7, 11) is -4.92. The second kappa shape index (κ2) is 19.8. The van der Waals surface area contributed by atoms with E-state index in [1.807, 2.05) is 34.7 Å². The average Bonchev–Trinajstić information content (AvgIpc) is 3.71. The zero-order valence-electron chi connectivity index (χ0n) is 33.7. The molecule has 6 rings (SSSR count). The number of hydrogen-bond donors (Lipinski definition) is 2. The first-order chi connectivity index (χ1) is 29.2. The van der Waals surface area contributed by atoms with Crippen molar-refractivity contribution in [1.29, 1.82) is 0 Å². The first-order valence-electron chi connectivity index (χ1n) is 18.7. The number of nitrogens with one attached hydrogen (secondary N) is 1. The zero-order valence-corrected chi connectivity index (χ0v) is 37.5. The second-order valence-corrected chi connectivity index (χ2v) is 18.6. The Morgan fingerprint density at radius 3 is 1.75 bits per heavy atom. The molecule has 5 aromatic carbocycles. The summed E-state index contributed by atoms with van der Waals surface area (Å²) in [6, 6.07) is 31.5. The molecule has 0 aliphatic heterocycles. The van der Waals surface area contributed by atoms with Crippen LogP contribution in [-0.4, -0.2) is 91.4 Å². The van der Waals surface area contributed by atoms with Crippen molar-refractivity contribution in [2.45, 2.75) is 48.9 Å². The zero-order chi connectivity index (χ0) is 43.7. The molecule has 16 nitrogen and oxygen atoms in total. The first kappa shape index (κ1) is 44.9. The minimum absolute atomic E-state index is 0.000908. The highest BCUT2D eigenvalue weighted by Gasteiger charge is 2.38. The fourth-order valence-electron chi connectivity index (χ4n) is 6.45. The molecular formula is C42H44IN7O9S2. The third kappa shape index (κ3) is 11.2. The fourth-order valence-corrected chi connectivity index (χ4v) is 11.0. The van der Waals surface area contributed by atoms with E-state index in [-0.39, 0.29) is 44.1 Å². The Morgan fingerprint density at radius 2 is 1.25 bits per heavy atom. The van der Waals surface area contributed by atoms with Crippen molar-refractivity contribution in [1.82, 2.24) is 34.1 Å². The van der Waals surface area contributed by atoms with Gasteiger partial charge in [0.2, 0.25) is 25.9 Å². The molecule has 19 heteroatoms. The fraction of sp³-hybridized carbons (Fsp3) is 0.238. The first-order valence-corrected chi connectivity index (χ1v) is 22.7. The monoisotopic (exact) mass is 981 g/mol. The van der Waals surface area contributed by atoms with Crippen molar-refractivity contribution in [3.8, 4) is 28.6 Å². The largest absolute Gasteiger partial charge is 0.497 e. The highest BCUT2D eigenvalue weighted by Crippen LogP contribution is 2.38. The van der Waals surface area contributed by atoms with Crippen LogP contribution in [0.25, 0.3) is 11.4 Å². The molecule has 1 atom stereocenters. The number of sulfonamides is 2. The maximum atomic E-state index is 15.5. The van der Waals surface area contributed by atoms with Gasteiger partial charge in [-0.2, -0.15) is 9.10 Å². The van der Waals surface area contributed by atoms with E-state index >= 15 is 8.42 Å². The summed E-state index contributed by atoms with van der Waals surface area (Å²) in [6.07, 6.45) is -1.26. The van der Waals surface area contributed by atoms with Gasteiger partial charge < -0.3 is 24.2 Å². The van der Waals surface area contributed by atoms with Gasteiger partial charge in [0.1, 0.15) is 27.0 Å². The predicted octanol–water partition coefficient (Wildman–Crippen LogP) is 6.26. The van der Waals surface area contributed by atoms with Crippen LogP contribution in [0.5, 0.6) is 17.2 Å². The molecule has 0 saturated heterocycles. The molecule has 0 spiro atoms. The Balaban J connectivity index is 1.46. The van der Waals surface area contributed by atoms with Gasteiger partial charge in [-0.3, -0.25) is 0 Å². The number of rotatable bonds is 19. The van der Waals surface area contributed by atoms with Crippen LogP contribution in [0.4, 0.5) is 4.79 Å². The molecule has 6 aromatic rings. The lowest BCUT2D eigenvalue weighted by molar-refractivity contribution is 0.139. The standard InChI is InChI=1S/C42H44IN7O9S2/c1-29(24-48(42(51)52)25-30-8-6-5-7-9-30)46-60(53,54)38-23-22-37(43)39(41-44-47-50(45-41)28-33-14-20-36(59-4)21-15-33)40(38)61(55,56)49(26-31-10-16-34(57-2)17-11-31)27-32-12-18-35(58-3)19-13-32/h5-23,29,46H,24-28H2,1-4H3,(H,51,52)/t29-/m1/s1. The third-order valence-electron chi connectivity index (χ3n) is 9.49. The van der Waals surface area contributed by atoms with E-state index in [9.17, 15) is 18.3 Å². The number of tetrazole rings is 1. The minimum atomic E-state index is -4.80. The van der Waals surface area contributed by atoms with Gasteiger partial charge >= 0.3 is 6.09 Å². The van der Waals surface area contributed by atoms with E-state index in [1.165, 1.54) is 42.4 Å². The van der Waals surface area contributed by atoms with Crippen molar-refractivity contribution >= 4 is 48.7 Å². The van der Waals surface area contributed by atoms with Crippen molar-refractivity contribution in [3.63, 3.8) is 0 Å². The summed E-state index contributed by atoms with van der Waals surface area (Å²) in [5, 5.41) is 23.1. The summed E-state index contributed by atoms with van der Waals surface area (Å²) >= 11 is 1.93. The van der Waals surface area contributed by atoms with Gasteiger partial charge in [-0.1, -0.05) is 66.7 Å². The molecule has 0 aliphatic rings. The van der Waals surface area contributed by atoms with Crippen molar-refractivity contribution in [3.05, 3.63) is 141 Å². The Labute approximate surface area is 368 Å². The number of carboxylic acid groups (broad SMARTS) is 1. The van der Waals surface area contributed by atoms with Gasteiger partial charge in [0, 0.05) is 35.8 Å². The molecule has 0 unspecified atom stereocenters. The quantitative estimate of drug-likeness (QED) is 0.0867. The number of carbonyl (C=O) groups is 1. The number of benzene rings is 5. The molecule has 1 heterocycles. The van der Waals surface area contributed by atoms with E-state index in [2.05, 4.69) is 20.1 Å². The number of amides is 1. The Morgan fingerprint density at radius 1 is 0.738 bits per heavy atom. The van der Waals surface area contributed by atoms with Gasteiger partial charge in [0.25, 0.3) is 0 Å². The van der Waals surface area contributed by atoms with Crippen molar-refractivity contribution in [2.75, 3.05) is 27.9 Å². The number of methoxy groups -OCH3 is 3. The molecule has 2 N–H and O–H groups in total. The van der Waals surface area contributed by atoms with Crippen LogP contribution in [0.15, 0.2) is 125 Å². The molecule has 0 fully saturated rings. The van der Waals surface area contributed by atoms with Gasteiger partial charge in [0.05, 0.1) is 33.4 Å². The van der Waals surface area contributed by atoms with Crippen LogP contribution < -0.4 is 18.9 Å². The number of hydrogen-bond acceptors (Lipinski definition) is 11. The Kier molecular flexibility index (Phi) is 14.6. The molecule has 1 amide bonds. The van der Waals surface area contributed by atoms with Crippen molar-refractivity contribution < 1.29 is 40.9 Å². The van der Waals surface area contributed by atoms with Crippen LogP contribution >= 0.6 is 22.6 Å². The maximum Gasteiger partial charge on any atom is 0.407 e. The van der Waals surface area contributed by atoms with Crippen LogP contribution in [0.1, 0.15) is 29.2 Å². The minimum Gasteiger partial charge on any atom is -0.497 e. The predicted molar refractivity (Wildman–Crippen MR) is 235 cm³/mol. The summed E-state index contributed by atoms with van der Waals surface area (Å²) in [5.41, 5.74) is 2.61. The van der Waals surface area contributed by atoms with Gasteiger partial charge in [-0.25, -0.2) is 26.4 Å². The summed E-state index contributed by atoms with van der Waals surface area (Å²) in [5.74, 6) is 1.66. The van der Waals surface area contributed by atoms with E-state index in [4.69, 9.17) is 14.2 Å². The number of aromatic nitrogens is 4. The van der Waals surface area contributed by atoms with Gasteiger partial charge in [-0.05, 0) is 106 Å². The summed E-state index contributed by atoms with van der Waals surface area (Å²) in [4.78, 5) is 13.5. The summed E-state index contributed by atoms with van der Waals surface area (Å²) in [6.45, 7) is 1.09. The molecule has 320 valence electrons. The Bertz CT molecular complexity index is 2600. The topological polar surface area (TPSA) is 195 Å². The molecule has 1 aromatic heterocycles. The SMILES string of the molecule is COc1ccc(CN(Cc2ccc(OC)cc2)S(=O)(=O)c2c(S(=O)(=O)N[C@H](C)CN(Cc3ccccc3)C(=O)O)ccc(I)c2-c2nnn(Cc3ccc(OC)cc3)n2)cc1. The normalized spacial score (nSPS) is 12.2. The molecule has 61 heavy (non-hydrogen) atoms. The lowest BCUT2D eigenvalue weighted by Gasteiger charge is -2.27. The average molecular weight is 982 g/mol. The molecule has 0 bridgehead atoms. The van der Waals surface area contributed by atoms with E-state index < -0.39 is 42.0 Å². The van der Waals surface area contributed by atoms with Crippen LogP contribution in [0, 0.1) is 3.57 Å². The van der Waals surface area contributed by atoms with E-state index in [0.717, 1.165) is 10.5 Å². The van der Waals surface area contributed by atoms with E-state index in [0.29, 0.717) is 37.5 Å². The summed E-state index contributed by atoms with van der Waals surface area (Å²) < 4.78 is 80.3. The van der Waals surface area contributed by atoms with E-state index in [1.54, 1.807) is 98.1 Å². The lowest BCUT2D eigenvalue weighted by Crippen LogP contribution is -2.44. The maximum absolute atomic E-state index is 15.5. The Hall–Kier alpha value is -5.61. The number of halogens is 1. The van der Waals surface area contributed by atoms with Crippen molar-refractivity contribution in [2.24, 2.45) is 0 Å². The van der Waals surface area contributed by atoms with Crippen LogP contribution in [0.3, 0.4) is 0 Å². The van der Waals surface area contributed by atoms with Gasteiger partial charge in [-0.15, -0.1) is 10.2 Å². The smallest absolute Gasteiger partial charge is 0.407 e. The molecule has 0 aliphatic carbocycles. The second-order valence-electron chi connectivity index (χ2n) is 13.9. The van der Waals surface area contributed by atoms with Crippen LogP contribution in [0.2, 0.25) is 0 Å². The van der Waals surface area contributed by atoms with Crippen LogP contribution in [-0.2, 0) is 46.2 Å².